The topological polar surface area (TPSA) is 40.5 Å². The zero-order chi connectivity index (χ0) is 17.7. The highest BCUT2D eigenvalue weighted by atomic mass is 19.1. The molecule has 5 heteroatoms. The van der Waals surface area contributed by atoms with Crippen molar-refractivity contribution in [2.75, 3.05) is 6.79 Å². The van der Waals surface area contributed by atoms with Gasteiger partial charge >= 0.3 is 0 Å². The van der Waals surface area contributed by atoms with Gasteiger partial charge in [0.25, 0.3) is 5.91 Å². The summed E-state index contributed by atoms with van der Waals surface area (Å²) in [6, 6.07) is 9.63. The number of hydrogen-bond acceptors (Lipinski definition) is 3. The van der Waals surface area contributed by atoms with Crippen LogP contribution in [0.25, 0.3) is 10.9 Å². The van der Waals surface area contributed by atoms with Gasteiger partial charge in [-0.05, 0) is 61.6 Å². The van der Waals surface area contributed by atoms with Crippen molar-refractivity contribution in [3.8, 4) is 11.5 Å². The van der Waals surface area contributed by atoms with Crippen molar-refractivity contribution in [2.24, 2.45) is 0 Å². The number of aryl methyl sites for hydroxylation is 1. The average Bonchev–Trinajstić information content (AvgIpc) is 3.13. The molecule has 132 valence electrons. The maximum atomic E-state index is 13.3. The molecule has 0 radical (unpaired) electrons. The van der Waals surface area contributed by atoms with Gasteiger partial charge in [0.15, 0.2) is 11.5 Å². The van der Waals surface area contributed by atoms with Crippen LogP contribution in [0, 0.1) is 5.82 Å². The SMILES string of the molecule is O=C(c1ccc(F)cc1)n1c2c(c3cc4c(cc31)OCO4)CCCCC2. The summed E-state index contributed by atoms with van der Waals surface area (Å²) in [6.07, 6.45) is 5.15. The molecule has 0 amide bonds. The number of ether oxygens (including phenoxy) is 2. The molecular weight excluding hydrogens is 333 g/mol. The van der Waals surface area contributed by atoms with Crippen LogP contribution in [0.3, 0.4) is 0 Å². The monoisotopic (exact) mass is 351 g/mol. The fraction of sp³-hybridized carbons (Fsp3) is 0.286. The van der Waals surface area contributed by atoms with E-state index in [1.165, 1.54) is 17.7 Å². The Bertz CT molecular complexity index is 1020. The lowest BCUT2D eigenvalue weighted by Crippen LogP contribution is -2.15. The van der Waals surface area contributed by atoms with Crippen LogP contribution in [-0.4, -0.2) is 17.3 Å². The molecular formula is C21H18FNO3. The van der Waals surface area contributed by atoms with Crippen molar-refractivity contribution in [1.29, 1.82) is 0 Å². The van der Waals surface area contributed by atoms with Gasteiger partial charge in [-0.1, -0.05) is 6.42 Å². The van der Waals surface area contributed by atoms with Crippen LogP contribution in [-0.2, 0) is 12.8 Å². The zero-order valence-corrected chi connectivity index (χ0v) is 14.3. The van der Waals surface area contributed by atoms with Crippen molar-refractivity contribution in [3.05, 3.63) is 59.0 Å². The molecule has 0 saturated heterocycles. The number of aromatic nitrogens is 1. The summed E-state index contributed by atoms with van der Waals surface area (Å²) < 4.78 is 26.1. The molecule has 2 heterocycles. The molecule has 1 aliphatic heterocycles. The number of hydrogen-bond donors (Lipinski definition) is 0. The normalized spacial score (nSPS) is 15.7. The van der Waals surface area contributed by atoms with E-state index in [4.69, 9.17) is 9.47 Å². The maximum absolute atomic E-state index is 13.3. The second kappa shape index (κ2) is 5.87. The van der Waals surface area contributed by atoms with Gasteiger partial charge in [0.2, 0.25) is 6.79 Å². The Hall–Kier alpha value is -2.82. The van der Waals surface area contributed by atoms with E-state index in [2.05, 4.69) is 0 Å². The van der Waals surface area contributed by atoms with E-state index >= 15 is 0 Å². The number of carbonyl (C=O) groups excluding carboxylic acids is 1. The fourth-order valence-electron chi connectivity index (χ4n) is 4.06. The number of nitrogens with zero attached hydrogens (tertiary/aromatic N) is 1. The van der Waals surface area contributed by atoms with Crippen molar-refractivity contribution < 1.29 is 18.7 Å². The number of fused-ring (bicyclic) bond motifs is 4. The molecule has 3 aromatic rings. The van der Waals surface area contributed by atoms with Gasteiger partial charge in [-0.25, -0.2) is 4.39 Å². The summed E-state index contributed by atoms with van der Waals surface area (Å²) in [7, 11) is 0. The largest absolute Gasteiger partial charge is 0.454 e. The molecule has 2 aromatic carbocycles. The third-order valence-corrected chi connectivity index (χ3v) is 5.31. The van der Waals surface area contributed by atoms with E-state index in [0.717, 1.165) is 54.5 Å². The number of rotatable bonds is 1. The molecule has 0 N–H and O–H groups in total. The van der Waals surface area contributed by atoms with Gasteiger partial charge in [0.05, 0.1) is 5.52 Å². The minimum Gasteiger partial charge on any atom is -0.454 e. The Balaban J connectivity index is 1.76. The summed E-state index contributed by atoms with van der Waals surface area (Å²) in [5, 5.41) is 1.06. The van der Waals surface area contributed by atoms with Crippen LogP contribution < -0.4 is 9.47 Å². The lowest BCUT2D eigenvalue weighted by atomic mass is 10.1. The third-order valence-electron chi connectivity index (χ3n) is 5.31. The molecule has 0 fully saturated rings. The second-order valence-corrected chi connectivity index (χ2v) is 6.86. The summed E-state index contributed by atoms with van der Waals surface area (Å²) >= 11 is 0. The molecule has 0 saturated carbocycles. The van der Waals surface area contributed by atoms with Crippen LogP contribution in [0.1, 0.15) is 40.9 Å². The Labute approximate surface area is 150 Å². The number of halogens is 1. The smallest absolute Gasteiger partial charge is 0.262 e. The lowest BCUT2D eigenvalue weighted by molar-refractivity contribution is 0.0962. The van der Waals surface area contributed by atoms with Crippen LogP contribution in [0.5, 0.6) is 11.5 Å². The summed E-state index contributed by atoms with van der Waals surface area (Å²) in [6.45, 7) is 0.204. The fourth-order valence-corrected chi connectivity index (χ4v) is 4.06. The molecule has 2 aliphatic rings. The average molecular weight is 351 g/mol. The van der Waals surface area contributed by atoms with E-state index in [1.54, 1.807) is 16.7 Å². The van der Waals surface area contributed by atoms with Crippen molar-refractivity contribution in [2.45, 2.75) is 32.1 Å². The molecule has 4 nitrogen and oxygen atoms in total. The van der Waals surface area contributed by atoms with Crippen LogP contribution in [0.2, 0.25) is 0 Å². The highest BCUT2D eigenvalue weighted by Crippen LogP contribution is 2.41. The van der Waals surface area contributed by atoms with Crippen molar-refractivity contribution >= 4 is 16.8 Å². The second-order valence-electron chi connectivity index (χ2n) is 6.86. The first-order chi connectivity index (χ1) is 12.7. The Morgan fingerprint density at radius 3 is 2.50 bits per heavy atom. The van der Waals surface area contributed by atoms with Gasteiger partial charge in [-0.3, -0.25) is 9.36 Å². The molecule has 0 atom stereocenters. The zero-order valence-electron chi connectivity index (χ0n) is 14.3. The van der Waals surface area contributed by atoms with Gasteiger partial charge in [-0.2, -0.15) is 0 Å². The van der Waals surface area contributed by atoms with E-state index in [0.29, 0.717) is 11.3 Å². The quantitative estimate of drug-likeness (QED) is 0.608. The van der Waals surface area contributed by atoms with Gasteiger partial charge < -0.3 is 9.47 Å². The highest BCUT2D eigenvalue weighted by Gasteiger charge is 2.26. The minimum atomic E-state index is -0.346. The molecule has 0 spiro atoms. The third kappa shape index (κ3) is 2.30. The van der Waals surface area contributed by atoms with Crippen molar-refractivity contribution in [3.63, 3.8) is 0 Å². The minimum absolute atomic E-state index is 0.128. The Morgan fingerprint density at radius 1 is 0.962 bits per heavy atom. The Kier molecular flexibility index (Phi) is 3.48. The number of benzene rings is 2. The predicted octanol–water partition coefficient (Wildman–Crippen LogP) is 4.47. The summed E-state index contributed by atoms with van der Waals surface area (Å²) in [5.74, 6) is 0.923. The van der Waals surface area contributed by atoms with E-state index in [9.17, 15) is 9.18 Å². The molecule has 0 unspecified atom stereocenters. The molecule has 26 heavy (non-hydrogen) atoms. The summed E-state index contributed by atoms with van der Waals surface area (Å²) in [4.78, 5) is 13.3. The lowest BCUT2D eigenvalue weighted by Gasteiger charge is -2.10. The first-order valence-corrected chi connectivity index (χ1v) is 8.98. The van der Waals surface area contributed by atoms with Gasteiger partial charge in [0, 0.05) is 22.7 Å². The van der Waals surface area contributed by atoms with Crippen LogP contribution in [0.4, 0.5) is 4.39 Å². The maximum Gasteiger partial charge on any atom is 0.262 e. The molecule has 0 bridgehead atoms. The Morgan fingerprint density at radius 2 is 1.69 bits per heavy atom. The van der Waals surface area contributed by atoms with Crippen LogP contribution in [0.15, 0.2) is 36.4 Å². The van der Waals surface area contributed by atoms with Crippen molar-refractivity contribution in [1.82, 2.24) is 4.57 Å². The van der Waals surface area contributed by atoms with Gasteiger partial charge in [-0.15, -0.1) is 0 Å². The first kappa shape index (κ1) is 15.4. The van der Waals surface area contributed by atoms with E-state index in [-0.39, 0.29) is 18.5 Å². The molecule has 1 aromatic heterocycles. The summed E-state index contributed by atoms with van der Waals surface area (Å²) in [5.41, 5.74) is 3.62. The molecule has 5 rings (SSSR count). The standard InChI is InChI=1S/C21H18FNO3/c22-14-8-6-13(7-9-14)21(24)23-17-5-3-1-2-4-15(17)16-10-19-20(11-18(16)23)26-12-25-19/h6-11H,1-5,12H2. The van der Waals surface area contributed by atoms with E-state index in [1.807, 2.05) is 12.1 Å². The first-order valence-electron chi connectivity index (χ1n) is 8.98. The number of carbonyl (C=O) groups is 1. The predicted molar refractivity (Wildman–Crippen MR) is 95.4 cm³/mol. The molecule has 1 aliphatic carbocycles. The highest BCUT2D eigenvalue weighted by molar-refractivity contribution is 6.04. The van der Waals surface area contributed by atoms with E-state index < -0.39 is 0 Å². The van der Waals surface area contributed by atoms with Crippen LogP contribution >= 0.6 is 0 Å². The van der Waals surface area contributed by atoms with Gasteiger partial charge in [0.1, 0.15) is 5.82 Å².